The Hall–Kier alpha value is -2.65. The zero-order valence-electron chi connectivity index (χ0n) is 14.5. The molecule has 0 radical (unpaired) electrons. The molecule has 0 aliphatic carbocycles. The van der Waals surface area contributed by atoms with E-state index < -0.39 is 4.92 Å². The molecule has 0 aromatic heterocycles. The number of nitrogens with zero attached hydrogens (tertiary/aromatic N) is 4. The number of phenolic OH excluding ortho intramolecular Hbond substituents is 1. The van der Waals surface area contributed by atoms with Crippen molar-refractivity contribution in [3.05, 3.63) is 62.1 Å². The van der Waals surface area contributed by atoms with E-state index in [0.717, 1.165) is 41.9 Å². The number of hydrogen-bond donors (Lipinski definition) is 2. The third-order valence-corrected chi connectivity index (χ3v) is 5.03. The van der Waals surface area contributed by atoms with Gasteiger partial charge in [0, 0.05) is 66.1 Å². The molecule has 0 unspecified atom stereocenters. The van der Waals surface area contributed by atoms with E-state index in [0.29, 0.717) is 12.1 Å². The Morgan fingerprint density at radius 3 is 2.44 bits per heavy atom. The molecule has 0 saturated carbocycles. The summed E-state index contributed by atoms with van der Waals surface area (Å²) in [7, 11) is 0. The van der Waals surface area contributed by atoms with Crippen LogP contribution in [0.5, 0.6) is 5.75 Å². The van der Waals surface area contributed by atoms with Gasteiger partial charge in [0.25, 0.3) is 5.69 Å². The highest BCUT2D eigenvalue weighted by molar-refractivity contribution is 9.10. The fourth-order valence-corrected chi connectivity index (χ4v) is 3.67. The molecule has 1 heterocycles. The number of aromatic hydroxyl groups is 1. The van der Waals surface area contributed by atoms with Crippen molar-refractivity contribution >= 4 is 33.5 Å². The minimum atomic E-state index is -0.401. The quantitative estimate of drug-likeness (QED) is 0.324. The summed E-state index contributed by atoms with van der Waals surface area (Å²) in [6.07, 6.45) is 1.20. The summed E-state index contributed by atoms with van der Waals surface area (Å²) in [5.74, 6) is 0.105. The van der Waals surface area contributed by atoms with Gasteiger partial charge in [-0.25, -0.2) is 0 Å². The number of halogens is 1. The van der Waals surface area contributed by atoms with Crippen molar-refractivity contribution in [2.75, 3.05) is 31.1 Å². The fourth-order valence-electron chi connectivity index (χ4n) is 3.15. The lowest BCUT2D eigenvalue weighted by molar-refractivity contribution is -0.384. The second kappa shape index (κ2) is 8.36. The Morgan fingerprint density at radius 2 is 1.85 bits per heavy atom. The van der Waals surface area contributed by atoms with E-state index in [4.69, 9.17) is 5.21 Å². The molecule has 2 aromatic rings. The lowest BCUT2D eigenvalue weighted by Gasteiger charge is -2.36. The number of piperazine rings is 1. The van der Waals surface area contributed by atoms with Crippen molar-refractivity contribution in [3.63, 3.8) is 0 Å². The van der Waals surface area contributed by atoms with Crippen LogP contribution in [0.4, 0.5) is 11.4 Å². The third-order valence-electron chi connectivity index (χ3n) is 4.57. The highest BCUT2D eigenvalue weighted by atomic mass is 79.9. The first-order chi connectivity index (χ1) is 13.0. The molecule has 27 heavy (non-hydrogen) atoms. The van der Waals surface area contributed by atoms with Gasteiger partial charge in [-0.05, 0) is 24.3 Å². The average Bonchev–Trinajstić information content (AvgIpc) is 2.66. The minimum absolute atomic E-state index is 0.0877. The first-order valence-electron chi connectivity index (χ1n) is 8.38. The number of rotatable bonds is 5. The molecule has 8 nitrogen and oxygen atoms in total. The van der Waals surface area contributed by atoms with Crippen LogP contribution >= 0.6 is 15.9 Å². The Bertz CT molecular complexity index is 849. The molecule has 142 valence electrons. The van der Waals surface area contributed by atoms with Crippen molar-refractivity contribution < 1.29 is 15.2 Å². The van der Waals surface area contributed by atoms with E-state index in [1.165, 1.54) is 18.3 Å². The fraction of sp³-hybridized carbons (Fsp3) is 0.278. The zero-order chi connectivity index (χ0) is 19.4. The molecule has 1 aliphatic heterocycles. The molecule has 3 rings (SSSR count). The Kier molecular flexibility index (Phi) is 5.92. The van der Waals surface area contributed by atoms with E-state index in [-0.39, 0.29) is 11.4 Å². The maximum atomic E-state index is 10.8. The van der Waals surface area contributed by atoms with E-state index in [2.05, 4.69) is 30.9 Å². The minimum Gasteiger partial charge on any atom is -0.507 e. The monoisotopic (exact) mass is 434 g/mol. The van der Waals surface area contributed by atoms with E-state index in [1.807, 2.05) is 6.07 Å². The third kappa shape index (κ3) is 4.55. The Morgan fingerprint density at radius 1 is 1.19 bits per heavy atom. The second-order valence-corrected chi connectivity index (χ2v) is 7.20. The maximum Gasteiger partial charge on any atom is 0.269 e. The van der Waals surface area contributed by atoms with Crippen molar-refractivity contribution in [1.82, 2.24) is 4.90 Å². The van der Waals surface area contributed by atoms with E-state index in [1.54, 1.807) is 18.2 Å². The lowest BCUT2D eigenvalue weighted by Crippen LogP contribution is -2.46. The molecule has 1 fully saturated rings. The molecule has 2 aromatic carbocycles. The van der Waals surface area contributed by atoms with Crippen molar-refractivity contribution in [1.29, 1.82) is 0 Å². The molecule has 0 bridgehead atoms. The SMILES string of the molecule is O=[N+]([O-])c1ccc(N2CCN(Cc3cc(Br)cc(/C=N/O)c3O)CC2)cc1. The summed E-state index contributed by atoms with van der Waals surface area (Å²) in [6, 6.07) is 10.1. The maximum absolute atomic E-state index is 10.8. The highest BCUT2D eigenvalue weighted by Gasteiger charge is 2.20. The molecule has 9 heteroatoms. The number of nitro benzene ring substituents is 1. The number of benzene rings is 2. The van der Waals surface area contributed by atoms with Crippen LogP contribution in [0, 0.1) is 10.1 Å². The number of phenols is 1. The molecule has 0 spiro atoms. The van der Waals surface area contributed by atoms with Gasteiger partial charge in [-0.3, -0.25) is 15.0 Å². The summed E-state index contributed by atoms with van der Waals surface area (Å²) in [5.41, 5.74) is 2.26. The average molecular weight is 435 g/mol. The Labute approximate surface area is 164 Å². The summed E-state index contributed by atoms with van der Waals surface area (Å²) in [4.78, 5) is 14.8. The molecular formula is C18H19BrN4O4. The van der Waals surface area contributed by atoms with Gasteiger partial charge in [0.05, 0.1) is 11.1 Å². The zero-order valence-corrected chi connectivity index (χ0v) is 16.0. The van der Waals surface area contributed by atoms with Crippen LogP contribution in [0.25, 0.3) is 0 Å². The second-order valence-electron chi connectivity index (χ2n) is 6.28. The first kappa shape index (κ1) is 19.1. The lowest BCUT2D eigenvalue weighted by atomic mass is 10.1. The van der Waals surface area contributed by atoms with Gasteiger partial charge in [0.15, 0.2) is 0 Å². The normalized spacial score (nSPS) is 15.4. The summed E-state index contributed by atoms with van der Waals surface area (Å²) >= 11 is 3.41. The number of hydrogen-bond acceptors (Lipinski definition) is 7. The first-order valence-corrected chi connectivity index (χ1v) is 9.18. The highest BCUT2D eigenvalue weighted by Crippen LogP contribution is 2.28. The van der Waals surface area contributed by atoms with Gasteiger partial charge in [-0.2, -0.15) is 0 Å². The van der Waals surface area contributed by atoms with Crippen molar-refractivity contribution in [3.8, 4) is 5.75 Å². The smallest absolute Gasteiger partial charge is 0.269 e. The van der Waals surface area contributed by atoms with Crippen LogP contribution in [-0.4, -0.2) is 52.5 Å². The van der Waals surface area contributed by atoms with Gasteiger partial charge in [0.1, 0.15) is 5.75 Å². The van der Waals surface area contributed by atoms with Crippen molar-refractivity contribution in [2.24, 2.45) is 5.16 Å². The number of oxime groups is 1. The predicted molar refractivity (Wildman–Crippen MR) is 106 cm³/mol. The van der Waals surface area contributed by atoms with Gasteiger partial charge in [0.2, 0.25) is 0 Å². The van der Waals surface area contributed by atoms with Gasteiger partial charge >= 0.3 is 0 Å². The molecule has 0 atom stereocenters. The predicted octanol–water partition coefficient (Wildman–Crippen LogP) is 3.19. The molecule has 0 amide bonds. The van der Waals surface area contributed by atoms with Crippen LogP contribution in [0.1, 0.15) is 11.1 Å². The van der Waals surface area contributed by atoms with E-state index >= 15 is 0 Å². The van der Waals surface area contributed by atoms with Crippen molar-refractivity contribution in [2.45, 2.75) is 6.54 Å². The van der Waals surface area contributed by atoms with Gasteiger partial charge < -0.3 is 15.2 Å². The summed E-state index contributed by atoms with van der Waals surface area (Å²) in [5, 5.41) is 32.8. The topological polar surface area (TPSA) is 102 Å². The van der Waals surface area contributed by atoms with Gasteiger partial charge in [-0.15, -0.1) is 0 Å². The van der Waals surface area contributed by atoms with Crippen LogP contribution in [0.3, 0.4) is 0 Å². The van der Waals surface area contributed by atoms with Crippen LogP contribution in [-0.2, 0) is 6.54 Å². The molecular weight excluding hydrogens is 416 g/mol. The van der Waals surface area contributed by atoms with Crippen LogP contribution in [0.15, 0.2) is 46.0 Å². The molecule has 1 saturated heterocycles. The number of non-ortho nitro benzene ring substituents is 1. The summed E-state index contributed by atoms with van der Waals surface area (Å²) in [6.45, 7) is 3.75. The summed E-state index contributed by atoms with van der Waals surface area (Å²) < 4.78 is 0.801. The Balaban J connectivity index is 1.64. The van der Waals surface area contributed by atoms with Gasteiger partial charge in [-0.1, -0.05) is 21.1 Å². The van der Waals surface area contributed by atoms with Crippen LogP contribution < -0.4 is 4.90 Å². The number of anilines is 1. The van der Waals surface area contributed by atoms with Crippen LogP contribution in [0.2, 0.25) is 0 Å². The molecule has 1 aliphatic rings. The van der Waals surface area contributed by atoms with E-state index in [9.17, 15) is 15.2 Å². The molecule has 2 N–H and O–H groups in total. The number of nitro groups is 1. The standard InChI is InChI=1S/C18H19BrN4O4/c19-15-9-13(11-20-25)18(24)14(10-15)12-21-5-7-22(8-6-21)16-1-3-17(4-2-16)23(26)27/h1-4,9-11,24-25H,5-8,12H2/b20-11+. The largest absolute Gasteiger partial charge is 0.507 e.